The average molecular weight is 510 g/mol. The molecule has 1 spiro atoms. The highest BCUT2D eigenvalue weighted by atomic mass is 16.7. The average Bonchev–Trinajstić information content (AvgIpc) is 3.08. The van der Waals surface area contributed by atoms with Crippen LogP contribution in [0, 0.1) is 40.9 Å². The predicted molar refractivity (Wildman–Crippen MR) is 126 cm³/mol. The van der Waals surface area contributed by atoms with Gasteiger partial charge in [-0.1, -0.05) is 13.8 Å². The second-order valence-corrected chi connectivity index (χ2v) is 14.2. The molecule has 0 aromatic rings. The molecule has 4 aliphatic carbocycles. The molecule has 9 heteroatoms. The zero-order chi connectivity index (χ0) is 25.8. The maximum atomic E-state index is 12.5. The standard InChI is InChI=1S/C27H43NO8/c1-12-4-5-17-24(3,33)19-13(11-28(17)10-12)14-9-25-21(26(14,34)22(32)20(19)31)15(29)8-16-23(25,2)7-6-18(30)27(16,35)36-25/h12-22,29-35H,4-11H2,1-3H3/t12-,13?,14-,15+,16?,17-,18?,19+,20?,21+,22-,23-,24+,25+,26-,27-/m0/s1. The topological polar surface area (TPSA) is 154 Å². The van der Waals surface area contributed by atoms with Crippen molar-refractivity contribution in [3.8, 4) is 0 Å². The van der Waals surface area contributed by atoms with E-state index in [1.165, 1.54) is 0 Å². The Morgan fingerprint density at radius 3 is 2.39 bits per heavy atom. The van der Waals surface area contributed by atoms with Crippen LogP contribution < -0.4 is 0 Å². The van der Waals surface area contributed by atoms with Gasteiger partial charge in [-0.05, 0) is 63.2 Å². The SMILES string of the molecule is C[C@H]1CC[C@@H]2N(CC3[C@H](C(O)[C@H](O)[C@]4(O)[C@H]3C[C@]35O[C@]6(O)C(O)CC[C@@]3(C)C6C[C@@H](O)[C@@H]45)[C@]2(C)O)C1. The van der Waals surface area contributed by atoms with Crippen LogP contribution in [0.2, 0.25) is 0 Å². The zero-order valence-electron chi connectivity index (χ0n) is 21.5. The third kappa shape index (κ3) is 2.46. The molecule has 9 nitrogen and oxygen atoms in total. The lowest BCUT2D eigenvalue weighted by molar-refractivity contribution is -0.295. The molecule has 3 heterocycles. The highest BCUT2D eigenvalue weighted by Gasteiger charge is 2.86. The minimum atomic E-state index is -1.85. The fourth-order valence-electron chi connectivity index (χ4n) is 11.4. The minimum absolute atomic E-state index is 0.130. The number of hydrogen-bond acceptors (Lipinski definition) is 9. The van der Waals surface area contributed by atoms with E-state index in [2.05, 4.69) is 11.8 Å². The fraction of sp³-hybridized carbons (Fsp3) is 1.00. The monoisotopic (exact) mass is 509 g/mol. The molecule has 4 unspecified atom stereocenters. The van der Waals surface area contributed by atoms with Crippen molar-refractivity contribution >= 4 is 0 Å². The summed E-state index contributed by atoms with van der Waals surface area (Å²) in [5.41, 5.74) is -4.88. The molecule has 0 amide bonds. The molecule has 0 aromatic heterocycles. The normalized spacial score (nSPS) is 68.0. The molecule has 204 valence electrons. The first-order valence-corrected chi connectivity index (χ1v) is 14.1. The van der Waals surface area contributed by atoms with Crippen LogP contribution >= 0.6 is 0 Å². The van der Waals surface area contributed by atoms with Gasteiger partial charge >= 0.3 is 0 Å². The van der Waals surface area contributed by atoms with Crippen LogP contribution in [0.5, 0.6) is 0 Å². The summed E-state index contributed by atoms with van der Waals surface area (Å²) in [4.78, 5) is 2.30. The summed E-state index contributed by atoms with van der Waals surface area (Å²) < 4.78 is 6.51. The van der Waals surface area contributed by atoms with Crippen molar-refractivity contribution in [1.29, 1.82) is 0 Å². The fourth-order valence-corrected chi connectivity index (χ4v) is 11.4. The summed E-state index contributed by atoms with van der Waals surface area (Å²) in [7, 11) is 0. The van der Waals surface area contributed by atoms with Gasteiger partial charge in [0.2, 0.25) is 0 Å². The van der Waals surface area contributed by atoms with E-state index < -0.39 is 76.1 Å². The third-order valence-corrected chi connectivity index (χ3v) is 12.8. The number of nitrogens with zero attached hydrogens (tertiary/aromatic N) is 1. The van der Waals surface area contributed by atoms with E-state index in [9.17, 15) is 35.7 Å². The number of ether oxygens (including phenoxy) is 1. The Morgan fingerprint density at radius 1 is 0.944 bits per heavy atom. The molecule has 4 saturated carbocycles. The van der Waals surface area contributed by atoms with E-state index in [1.54, 1.807) is 6.92 Å². The quantitative estimate of drug-likeness (QED) is 0.222. The lowest BCUT2D eigenvalue weighted by Crippen LogP contribution is -2.76. The lowest BCUT2D eigenvalue weighted by atomic mass is 9.49. The van der Waals surface area contributed by atoms with Crippen LogP contribution in [0.1, 0.15) is 59.3 Å². The van der Waals surface area contributed by atoms with Crippen molar-refractivity contribution in [1.82, 2.24) is 4.90 Å². The molecule has 16 atom stereocenters. The van der Waals surface area contributed by atoms with E-state index in [-0.39, 0.29) is 18.4 Å². The first-order valence-electron chi connectivity index (χ1n) is 14.1. The van der Waals surface area contributed by atoms with E-state index >= 15 is 0 Å². The second kappa shape index (κ2) is 7.04. The van der Waals surface area contributed by atoms with Crippen molar-refractivity contribution in [2.75, 3.05) is 13.1 Å². The van der Waals surface area contributed by atoms with Gasteiger partial charge in [0, 0.05) is 42.3 Å². The molecule has 3 saturated heterocycles. The number of piperidine rings is 2. The smallest absolute Gasteiger partial charge is 0.196 e. The maximum Gasteiger partial charge on any atom is 0.196 e. The van der Waals surface area contributed by atoms with Crippen LogP contribution in [0.15, 0.2) is 0 Å². The number of aliphatic hydroxyl groups excluding tert-OH is 4. The van der Waals surface area contributed by atoms with Gasteiger partial charge in [-0.15, -0.1) is 0 Å². The summed E-state index contributed by atoms with van der Waals surface area (Å²) in [6.45, 7) is 7.40. The summed E-state index contributed by atoms with van der Waals surface area (Å²) in [5, 5.41) is 81.4. The van der Waals surface area contributed by atoms with Gasteiger partial charge in [0.1, 0.15) is 17.8 Å². The van der Waals surface area contributed by atoms with Gasteiger partial charge in [-0.25, -0.2) is 0 Å². The number of hydrogen-bond donors (Lipinski definition) is 7. The zero-order valence-corrected chi connectivity index (χ0v) is 21.5. The highest BCUT2D eigenvalue weighted by molar-refractivity contribution is 5.33. The maximum absolute atomic E-state index is 12.5. The summed E-state index contributed by atoms with van der Waals surface area (Å²) in [6, 6.07) is -0.130. The van der Waals surface area contributed by atoms with Gasteiger partial charge in [0.05, 0.1) is 23.4 Å². The van der Waals surface area contributed by atoms with E-state index in [4.69, 9.17) is 4.74 Å². The Balaban J connectivity index is 1.37. The summed E-state index contributed by atoms with van der Waals surface area (Å²) in [6.07, 6.45) is -1.92. The molecule has 4 bridgehead atoms. The number of rotatable bonds is 0. The van der Waals surface area contributed by atoms with Gasteiger partial charge in [0.15, 0.2) is 5.79 Å². The molecule has 3 aliphatic heterocycles. The van der Waals surface area contributed by atoms with Gasteiger partial charge in [-0.2, -0.15) is 0 Å². The number of aliphatic hydroxyl groups is 7. The van der Waals surface area contributed by atoms with Gasteiger partial charge in [0.25, 0.3) is 0 Å². The van der Waals surface area contributed by atoms with Crippen LogP contribution in [-0.2, 0) is 4.74 Å². The molecule has 7 N–H and O–H groups in total. The Bertz CT molecular complexity index is 964. The van der Waals surface area contributed by atoms with Crippen LogP contribution in [0.4, 0.5) is 0 Å². The van der Waals surface area contributed by atoms with E-state index in [0.29, 0.717) is 31.7 Å². The van der Waals surface area contributed by atoms with Gasteiger partial charge in [-0.3, -0.25) is 4.90 Å². The number of fused-ring (bicyclic) bond motifs is 5. The second-order valence-electron chi connectivity index (χ2n) is 14.2. The van der Waals surface area contributed by atoms with E-state index in [1.807, 2.05) is 6.92 Å². The van der Waals surface area contributed by atoms with Crippen molar-refractivity contribution in [3.63, 3.8) is 0 Å². The molecule has 36 heavy (non-hydrogen) atoms. The third-order valence-electron chi connectivity index (χ3n) is 12.8. The van der Waals surface area contributed by atoms with Crippen molar-refractivity contribution in [2.45, 2.75) is 112 Å². The van der Waals surface area contributed by atoms with Crippen molar-refractivity contribution in [3.05, 3.63) is 0 Å². The molecule has 0 aromatic carbocycles. The van der Waals surface area contributed by atoms with Crippen LogP contribution in [-0.4, -0.2) is 107 Å². The Kier molecular flexibility index (Phi) is 4.82. The summed E-state index contributed by atoms with van der Waals surface area (Å²) >= 11 is 0. The first kappa shape index (κ1) is 24.7. The van der Waals surface area contributed by atoms with Crippen LogP contribution in [0.25, 0.3) is 0 Å². The Hall–Kier alpha value is -0.360. The molecule has 0 radical (unpaired) electrons. The highest BCUT2D eigenvalue weighted by Crippen LogP contribution is 2.76. The largest absolute Gasteiger partial charge is 0.393 e. The molecular weight excluding hydrogens is 466 g/mol. The van der Waals surface area contributed by atoms with Crippen molar-refractivity contribution in [2.24, 2.45) is 40.9 Å². The Labute approximate surface area is 212 Å². The molecule has 7 rings (SSSR count). The van der Waals surface area contributed by atoms with Crippen LogP contribution in [0.3, 0.4) is 0 Å². The molecular formula is C27H43NO8. The summed E-state index contributed by atoms with van der Waals surface area (Å²) in [5.74, 6) is -4.29. The molecule has 7 aliphatic rings. The minimum Gasteiger partial charge on any atom is -0.393 e. The van der Waals surface area contributed by atoms with E-state index in [0.717, 1.165) is 19.4 Å². The first-order chi connectivity index (χ1) is 16.7. The molecule has 7 fully saturated rings. The van der Waals surface area contributed by atoms with Gasteiger partial charge < -0.3 is 40.5 Å². The lowest BCUT2D eigenvalue weighted by Gasteiger charge is -2.63. The Morgan fingerprint density at radius 2 is 1.67 bits per heavy atom. The van der Waals surface area contributed by atoms with Crippen molar-refractivity contribution < 1.29 is 40.5 Å². The predicted octanol–water partition coefficient (Wildman–Crippen LogP) is -0.814.